The Kier molecular flexibility index (Phi) is 9.06. The second-order valence-electron chi connectivity index (χ2n) is 9.39. The Bertz CT molecular complexity index is 1730. The molecule has 0 fully saturated rings. The van der Waals surface area contributed by atoms with Crippen molar-refractivity contribution < 1.29 is 18.7 Å². The summed E-state index contributed by atoms with van der Waals surface area (Å²) in [6, 6.07) is 26.5. The minimum Gasteiger partial charge on any atom is -0.479 e. The van der Waals surface area contributed by atoms with Gasteiger partial charge in [0.2, 0.25) is 0 Å². The normalized spacial score (nSPS) is 11.9. The number of hydrogen-bond donors (Lipinski definition) is 0. The molecule has 1 aromatic heterocycles. The van der Waals surface area contributed by atoms with Gasteiger partial charge in [-0.3, -0.25) is 0 Å². The van der Waals surface area contributed by atoms with Gasteiger partial charge >= 0.3 is 5.97 Å². The molecule has 8 heteroatoms. The first-order chi connectivity index (χ1) is 20.4. The third-order valence-corrected chi connectivity index (χ3v) is 7.29. The van der Waals surface area contributed by atoms with Crippen molar-refractivity contribution in [3.8, 4) is 28.1 Å². The molecule has 0 saturated carbocycles. The number of methoxy groups -OCH3 is 1. The van der Waals surface area contributed by atoms with Gasteiger partial charge in [-0.1, -0.05) is 77.8 Å². The fraction of sp³-hybridized carbons (Fsp3) is 0.118. The number of halogens is 3. The van der Waals surface area contributed by atoms with E-state index in [1.165, 1.54) is 7.11 Å². The molecule has 5 rings (SSSR count). The van der Waals surface area contributed by atoms with Crippen LogP contribution in [-0.4, -0.2) is 22.6 Å². The second kappa shape index (κ2) is 13.1. The highest BCUT2D eigenvalue weighted by atomic mass is 35.5. The number of aromatic nitrogens is 2. The molecular formula is C34H27Cl2FN2O3. The zero-order chi connectivity index (χ0) is 29.6. The van der Waals surface area contributed by atoms with Gasteiger partial charge in [-0.05, 0) is 66.6 Å². The second-order valence-corrected chi connectivity index (χ2v) is 10.2. The number of aryl methyl sites for hydroxylation is 1. The molecule has 42 heavy (non-hydrogen) atoms. The molecule has 0 aliphatic rings. The van der Waals surface area contributed by atoms with Crippen molar-refractivity contribution in [2.75, 3.05) is 7.11 Å². The minimum atomic E-state index is -0.707. The number of imidazole rings is 1. The van der Waals surface area contributed by atoms with Crippen LogP contribution in [0.5, 0.6) is 5.75 Å². The third kappa shape index (κ3) is 6.40. The van der Waals surface area contributed by atoms with Crippen molar-refractivity contribution in [2.45, 2.75) is 19.6 Å². The molecule has 0 radical (unpaired) electrons. The van der Waals surface area contributed by atoms with Gasteiger partial charge in [-0.25, -0.2) is 14.2 Å². The monoisotopic (exact) mass is 600 g/mol. The average molecular weight is 602 g/mol. The highest BCUT2D eigenvalue weighted by molar-refractivity contribution is 6.36. The van der Waals surface area contributed by atoms with Crippen LogP contribution in [0.4, 0.5) is 4.39 Å². The number of benzene rings is 4. The van der Waals surface area contributed by atoms with Crippen LogP contribution >= 0.6 is 23.2 Å². The third-order valence-electron chi connectivity index (χ3n) is 6.74. The summed E-state index contributed by atoms with van der Waals surface area (Å²) < 4.78 is 28.8. The lowest BCUT2D eigenvalue weighted by molar-refractivity contribution is 0.0600. The van der Waals surface area contributed by atoms with E-state index < -0.39 is 17.9 Å². The van der Waals surface area contributed by atoms with Crippen molar-refractivity contribution in [1.29, 1.82) is 0 Å². The zero-order valence-electron chi connectivity index (χ0n) is 22.9. The van der Waals surface area contributed by atoms with Gasteiger partial charge in [-0.15, -0.1) is 0 Å². The Balaban J connectivity index is 1.52. The average Bonchev–Trinajstić information content (AvgIpc) is 3.43. The van der Waals surface area contributed by atoms with Gasteiger partial charge in [0.15, 0.2) is 11.6 Å². The number of nitrogens with zero attached hydrogens (tertiary/aromatic N) is 2. The molecule has 0 N–H and O–H groups in total. The number of esters is 1. The predicted octanol–water partition coefficient (Wildman–Crippen LogP) is 9.30. The van der Waals surface area contributed by atoms with Gasteiger partial charge in [0.25, 0.3) is 0 Å². The van der Waals surface area contributed by atoms with E-state index in [2.05, 4.69) is 0 Å². The van der Waals surface area contributed by atoms with E-state index in [0.29, 0.717) is 44.8 Å². The standard InChI is InChI=1S/C34H27Cl2FN2O3/c1-3-39-21-29(27-17-16-25(35)20-28(27)36)38-32(39)19-18-30(23-12-14-24(15-13-23)34(40)41-2)42-31-11-7-10-26(33(31)37)22-8-5-4-6-9-22/h4-21,30H,3H2,1-2H3/b19-18+. The largest absolute Gasteiger partial charge is 0.479 e. The summed E-state index contributed by atoms with van der Waals surface area (Å²) >= 11 is 12.5. The van der Waals surface area contributed by atoms with Gasteiger partial charge in [0.05, 0.1) is 23.4 Å². The Morgan fingerprint density at radius 1 is 0.976 bits per heavy atom. The van der Waals surface area contributed by atoms with E-state index in [-0.39, 0.29) is 5.75 Å². The number of hydrogen-bond acceptors (Lipinski definition) is 4. The maximum atomic E-state index is 15.7. The maximum absolute atomic E-state index is 15.7. The lowest BCUT2D eigenvalue weighted by Crippen LogP contribution is -2.08. The molecule has 0 saturated heterocycles. The topological polar surface area (TPSA) is 53.4 Å². The van der Waals surface area contributed by atoms with E-state index in [0.717, 1.165) is 11.1 Å². The van der Waals surface area contributed by atoms with Crippen LogP contribution in [0.2, 0.25) is 10.0 Å². The van der Waals surface area contributed by atoms with E-state index in [1.54, 1.807) is 54.6 Å². The summed E-state index contributed by atoms with van der Waals surface area (Å²) in [7, 11) is 1.33. The molecule has 0 amide bonds. The van der Waals surface area contributed by atoms with E-state index in [4.69, 9.17) is 37.7 Å². The van der Waals surface area contributed by atoms with E-state index >= 15 is 4.39 Å². The predicted molar refractivity (Wildman–Crippen MR) is 165 cm³/mol. The number of rotatable bonds is 9. The number of ether oxygens (including phenoxy) is 2. The van der Waals surface area contributed by atoms with Crippen LogP contribution in [0.3, 0.4) is 0 Å². The van der Waals surface area contributed by atoms with Gasteiger partial charge in [0.1, 0.15) is 11.9 Å². The zero-order valence-corrected chi connectivity index (χ0v) is 24.4. The lowest BCUT2D eigenvalue weighted by Gasteiger charge is -2.18. The van der Waals surface area contributed by atoms with E-state index in [1.807, 2.05) is 66.2 Å². The van der Waals surface area contributed by atoms with Gasteiger partial charge in [0, 0.05) is 28.9 Å². The van der Waals surface area contributed by atoms with Crippen molar-refractivity contribution in [1.82, 2.24) is 9.55 Å². The highest BCUT2D eigenvalue weighted by Crippen LogP contribution is 2.34. The maximum Gasteiger partial charge on any atom is 0.337 e. The SMILES string of the molecule is CCn1cc(-c2ccc(Cl)cc2Cl)nc1/C=C/C(Oc1cccc(-c2ccccc2)c1F)c1ccc(C(=O)OC)cc1. The van der Waals surface area contributed by atoms with Crippen LogP contribution in [0.1, 0.15) is 34.8 Å². The fourth-order valence-corrected chi connectivity index (χ4v) is 5.05. The molecule has 5 aromatic rings. The molecule has 5 nitrogen and oxygen atoms in total. The Hall–Kier alpha value is -4.39. The fourth-order valence-electron chi connectivity index (χ4n) is 4.54. The summed E-state index contributed by atoms with van der Waals surface area (Å²) in [6.45, 7) is 2.67. The van der Waals surface area contributed by atoms with Crippen molar-refractivity contribution >= 4 is 35.2 Å². The highest BCUT2D eigenvalue weighted by Gasteiger charge is 2.18. The summed E-state index contributed by atoms with van der Waals surface area (Å²) in [6.07, 6.45) is 4.85. The van der Waals surface area contributed by atoms with Gasteiger partial charge < -0.3 is 14.0 Å². The van der Waals surface area contributed by atoms with Crippen LogP contribution in [0.25, 0.3) is 28.5 Å². The first-order valence-electron chi connectivity index (χ1n) is 13.3. The van der Waals surface area contributed by atoms with E-state index in [9.17, 15) is 4.79 Å². The quantitative estimate of drug-likeness (QED) is 0.158. The van der Waals surface area contributed by atoms with Crippen LogP contribution in [0, 0.1) is 5.82 Å². The molecule has 0 spiro atoms. The molecule has 0 aliphatic carbocycles. The van der Waals surface area contributed by atoms with Crippen LogP contribution in [-0.2, 0) is 11.3 Å². The van der Waals surface area contributed by atoms with Crippen molar-refractivity contribution in [3.05, 3.63) is 136 Å². The Labute approximate surface area is 253 Å². The molecule has 1 atom stereocenters. The Morgan fingerprint density at radius 3 is 2.43 bits per heavy atom. The van der Waals surface area contributed by atoms with Crippen molar-refractivity contribution in [3.63, 3.8) is 0 Å². The molecule has 4 aromatic carbocycles. The number of carbonyl (C=O) groups is 1. The van der Waals surface area contributed by atoms with Gasteiger partial charge in [-0.2, -0.15) is 0 Å². The molecule has 0 bridgehead atoms. The summed E-state index contributed by atoms with van der Waals surface area (Å²) in [4.78, 5) is 16.8. The molecule has 1 heterocycles. The lowest BCUT2D eigenvalue weighted by atomic mass is 10.0. The summed E-state index contributed by atoms with van der Waals surface area (Å²) in [5.41, 5.74) is 3.73. The molecule has 0 aliphatic heterocycles. The summed E-state index contributed by atoms with van der Waals surface area (Å²) in [5, 5.41) is 1.04. The molecule has 1 unspecified atom stereocenters. The first-order valence-corrected chi connectivity index (χ1v) is 14.0. The number of carbonyl (C=O) groups excluding carboxylic acids is 1. The summed E-state index contributed by atoms with van der Waals surface area (Å²) in [5.74, 6) is -0.162. The van der Waals surface area contributed by atoms with Crippen LogP contribution in [0.15, 0.2) is 103 Å². The Morgan fingerprint density at radius 2 is 1.74 bits per heavy atom. The smallest absolute Gasteiger partial charge is 0.337 e. The molecule has 212 valence electrons. The van der Waals surface area contributed by atoms with Crippen LogP contribution < -0.4 is 4.74 Å². The first kappa shape index (κ1) is 29.1. The minimum absolute atomic E-state index is 0.0931. The van der Waals surface area contributed by atoms with Crippen molar-refractivity contribution in [2.24, 2.45) is 0 Å². The molecular weight excluding hydrogens is 574 g/mol.